The lowest BCUT2D eigenvalue weighted by molar-refractivity contribution is 0.148. The lowest BCUT2D eigenvalue weighted by Crippen LogP contribution is -2.28. The van der Waals surface area contributed by atoms with Gasteiger partial charge in [0.05, 0.1) is 24.6 Å². The van der Waals surface area contributed by atoms with Gasteiger partial charge in [0.25, 0.3) is 0 Å². The molecule has 4 heteroatoms. The molecule has 4 nitrogen and oxygen atoms in total. The van der Waals surface area contributed by atoms with Crippen molar-refractivity contribution in [2.45, 2.75) is 45.1 Å². The van der Waals surface area contributed by atoms with Gasteiger partial charge in [-0.25, -0.2) is 0 Å². The Bertz CT molecular complexity index is 461. The molecule has 0 bridgehead atoms. The van der Waals surface area contributed by atoms with Crippen LogP contribution in [0.15, 0.2) is 18.0 Å². The Balaban J connectivity index is 2.17. The van der Waals surface area contributed by atoms with E-state index < -0.39 is 0 Å². The molecule has 0 aliphatic heterocycles. The SMILES string of the molecule is CO/C=C1\CCc2nn(C(C)(C)CCOC)cc2C1. The summed E-state index contributed by atoms with van der Waals surface area (Å²) in [7, 11) is 3.45. The van der Waals surface area contributed by atoms with Crippen molar-refractivity contribution in [1.82, 2.24) is 9.78 Å². The topological polar surface area (TPSA) is 36.3 Å². The molecule has 1 heterocycles. The van der Waals surface area contributed by atoms with Gasteiger partial charge in [-0.2, -0.15) is 5.10 Å². The first-order chi connectivity index (χ1) is 9.06. The number of ether oxygens (including phenoxy) is 2. The summed E-state index contributed by atoms with van der Waals surface area (Å²) < 4.78 is 12.4. The van der Waals surface area contributed by atoms with Gasteiger partial charge in [-0.1, -0.05) is 0 Å². The normalized spacial score (nSPS) is 17.6. The van der Waals surface area contributed by atoms with E-state index in [-0.39, 0.29) is 5.54 Å². The quantitative estimate of drug-likeness (QED) is 0.767. The smallest absolute Gasteiger partial charge is 0.0820 e. The number of fused-ring (bicyclic) bond motifs is 1. The number of methoxy groups -OCH3 is 2. The summed E-state index contributed by atoms with van der Waals surface area (Å²) in [6, 6.07) is 0. The average molecular weight is 264 g/mol. The Morgan fingerprint density at radius 2 is 2.16 bits per heavy atom. The number of nitrogens with zero attached hydrogens (tertiary/aromatic N) is 2. The molecule has 0 spiro atoms. The van der Waals surface area contributed by atoms with Crippen molar-refractivity contribution < 1.29 is 9.47 Å². The van der Waals surface area contributed by atoms with E-state index in [1.807, 2.05) is 6.26 Å². The van der Waals surface area contributed by atoms with Gasteiger partial charge >= 0.3 is 0 Å². The van der Waals surface area contributed by atoms with E-state index in [0.717, 1.165) is 32.3 Å². The van der Waals surface area contributed by atoms with Crippen molar-refractivity contribution in [3.05, 3.63) is 29.3 Å². The van der Waals surface area contributed by atoms with Crippen LogP contribution in [0.1, 0.15) is 37.9 Å². The average Bonchev–Trinajstić information content (AvgIpc) is 2.81. The van der Waals surface area contributed by atoms with Gasteiger partial charge < -0.3 is 9.47 Å². The summed E-state index contributed by atoms with van der Waals surface area (Å²) in [6.45, 7) is 5.17. The minimum absolute atomic E-state index is 0.00150. The monoisotopic (exact) mass is 264 g/mol. The molecule has 0 unspecified atom stereocenters. The van der Waals surface area contributed by atoms with Crippen LogP contribution >= 0.6 is 0 Å². The highest BCUT2D eigenvalue weighted by molar-refractivity contribution is 5.29. The summed E-state index contributed by atoms with van der Waals surface area (Å²) in [5.41, 5.74) is 3.92. The Labute approximate surface area is 115 Å². The van der Waals surface area contributed by atoms with E-state index in [2.05, 4.69) is 24.7 Å². The van der Waals surface area contributed by atoms with Crippen molar-refractivity contribution in [2.75, 3.05) is 20.8 Å². The van der Waals surface area contributed by atoms with E-state index in [1.165, 1.54) is 16.8 Å². The predicted molar refractivity (Wildman–Crippen MR) is 75.2 cm³/mol. The standard InChI is InChI=1S/C15H24N2O2/c1-15(2,7-8-18-3)17-10-13-9-12(11-19-4)5-6-14(13)16-17/h10-11H,5-9H2,1-4H3/b12-11+. The molecule has 0 saturated heterocycles. The highest BCUT2D eigenvalue weighted by Gasteiger charge is 2.25. The highest BCUT2D eigenvalue weighted by atomic mass is 16.5. The largest absolute Gasteiger partial charge is 0.504 e. The van der Waals surface area contributed by atoms with E-state index >= 15 is 0 Å². The fourth-order valence-electron chi connectivity index (χ4n) is 2.46. The van der Waals surface area contributed by atoms with Gasteiger partial charge in [-0.3, -0.25) is 4.68 Å². The van der Waals surface area contributed by atoms with Crippen LogP contribution in [0.2, 0.25) is 0 Å². The van der Waals surface area contributed by atoms with Crippen LogP contribution in [0.5, 0.6) is 0 Å². The van der Waals surface area contributed by atoms with Crippen LogP contribution in [-0.4, -0.2) is 30.6 Å². The Morgan fingerprint density at radius 1 is 1.37 bits per heavy atom. The van der Waals surface area contributed by atoms with Crippen molar-refractivity contribution in [1.29, 1.82) is 0 Å². The fraction of sp³-hybridized carbons (Fsp3) is 0.667. The molecule has 0 fully saturated rings. The number of rotatable bonds is 5. The maximum Gasteiger partial charge on any atom is 0.0820 e. The van der Waals surface area contributed by atoms with Crippen molar-refractivity contribution >= 4 is 0 Å². The first kappa shape index (κ1) is 14.1. The third-order valence-electron chi connectivity index (χ3n) is 3.80. The van der Waals surface area contributed by atoms with Crippen LogP contribution < -0.4 is 0 Å². The molecule has 0 atom stereocenters. The second-order valence-corrected chi connectivity index (χ2v) is 5.79. The molecule has 1 aliphatic rings. The summed E-state index contributed by atoms with van der Waals surface area (Å²) in [6.07, 6.45) is 8.05. The zero-order valence-electron chi connectivity index (χ0n) is 12.4. The molecule has 0 N–H and O–H groups in total. The minimum atomic E-state index is -0.00150. The third kappa shape index (κ3) is 3.18. The maximum absolute atomic E-state index is 5.18. The molecular formula is C15H24N2O2. The number of hydrogen-bond donors (Lipinski definition) is 0. The Hall–Kier alpha value is -1.29. The van der Waals surface area contributed by atoms with E-state index in [4.69, 9.17) is 14.6 Å². The fourth-order valence-corrected chi connectivity index (χ4v) is 2.46. The summed E-state index contributed by atoms with van der Waals surface area (Å²) >= 11 is 0. The van der Waals surface area contributed by atoms with Gasteiger partial charge in [0, 0.05) is 26.3 Å². The highest BCUT2D eigenvalue weighted by Crippen LogP contribution is 2.27. The van der Waals surface area contributed by atoms with Crippen molar-refractivity contribution in [3.63, 3.8) is 0 Å². The van der Waals surface area contributed by atoms with Crippen molar-refractivity contribution in [3.8, 4) is 0 Å². The molecule has 2 rings (SSSR count). The maximum atomic E-state index is 5.18. The molecule has 0 amide bonds. The summed E-state index contributed by atoms with van der Waals surface area (Å²) in [5.74, 6) is 0. The van der Waals surface area contributed by atoms with E-state index in [1.54, 1.807) is 14.2 Å². The van der Waals surface area contributed by atoms with Gasteiger partial charge in [-0.05, 0) is 44.2 Å². The number of aromatic nitrogens is 2. The molecule has 19 heavy (non-hydrogen) atoms. The predicted octanol–water partition coefficient (Wildman–Crippen LogP) is 2.67. The van der Waals surface area contributed by atoms with Gasteiger partial charge in [0.2, 0.25) is 0 Å². The summed E-state index contributed by atoms with van der Waals surface area (Å²) in [5, 5.41) is 4.76. The van der Waals surface area contributed by atoms with Crippen LogP contribution in [0.25, 0.3) is 0 Å². The second kappa shape index (κ2) is 5.78. The first-order valence-corrected chi connectivity index (χ1v) is 6.84. The van der Waals surface area contributed by atoms with Crippen LogP contribution in [0, 0.1) is 0 Å². The molecule has 1 aromatic rings. The van der Waals surface area contributed by atoms with Crippen molar-refractivity contribution in [2.24, 2.45) is 0 Å². The molecule has 0 radical (unpaired) electrons. The second-order valence-electron chi connectivity index (χ2n) is 5.79. The first-order valence-electron chi connectivity index (χ1n) is 6.84. The molecular weight excluding hydrogens is 240 g/mol. The Morgan fingerprint density at radius 3 is 2.84 bits per heavy atom. The van der Waals surface area contributed by atoms with Crippen LogP contribution in [0.3, 0.4) is 0 Å². The molecule has 0 aromatic carbocycles. The molecule has 1 aromatic heterocycles. The minimum Gasteiger partial charge on any atom is -0.504 e. The lowest BCUT2D eigenvalue weighted by atomic mass is 9.94. The zero-order chi connectivity index (χ0) is 13.9. The zero-order valence-corrected chi connectivity index (χ0v) is 12.4. The number of aryl methyl sites for hydroxylation is 1. The summed E-state index contributed by atoms with van der Waals surface area (Å²) in [4.78, 5) is 0. The molecule has 0 saturated carbocycles. The molecule has 106 valence electrons. The molecule has 1 aliphatic carbocycles. The van der Waals surface area contributed by atoms with Crippen LogP contribution in [0.4, 0.5) is 0 Å². The van der Waals surface area contributed by atoms with Gasteiger partial charge in [0.1, 0.15) is 0 Å². The third-order valence-corrected chi connectivity index (χ3v) is 3.80. The van der Waals surface area contributed by atoms with E-state index in [0.29, 0.717) is 0 Å². The number of hydrogen-bond acceptors (Lipinski definition) is 3. The Kier molecular flexibility index (Phi) is 4.30. The lowest BCUT2D eigenvalue weighted by Gasteiger charge is -2.25. The van der Waals surface area contributed by atoms with E-state index in [9.17, 15) is 0 Å². The number of allylic oxidation sites excluding steroid dienone is 1. The van der Waals surface area contributed by atoms with Crippen LogP contribution in [-0.2, 0) is 27.9 Å². The van der Waals surface area contributed by atoms with Gasteiger partial charge in [0.15, 0.2) is 0 Å². The van der Waals surface area contributed by atoms with Gasteiger partial charge in [-0.15, -0.1) is 0 Å².